The van der Waals surface area contributed by atoms with Crippen molar-refractivity contribution in [2.24, 2.45) is 5.92 Å². The van der Waals surface area contributed by atoms with E-state index in [1.54, 1.807) is 12.1 Å². The van der Waals surface area contributed by atoms with Crippen molar-refractivity contribution in [3.63, 3.8) is 0 Å². The molecule has 0 saturated carbocycles. The van der Waals surface area contributed by atoms with Crippen LogP contribution in [0.4, 0.5) is 8.78 Å². The van der Waals surface area contributed by atoms with Gasteiger partial charge < -0.3 is 15.0 Å². The highest BCUT2D eigenvalue weighted by Crippen LogP contribution is 2.25. The highest BCUT2D eigenvalue weighted by atomic mass is 19.1. The average Bonchev–Trinajstić information content (AvgIpc) is 2.91. The number of benzene rings is 2. The molecule has 0 spiro atoms. The molecule has 1 aromatic heterocycles. The second kappa shape index (κ2) is 13.0. The van der Waals surface area contributed by atoms with Gasteiger partial charge in [-0.25, -0.2) is 8.78 Å². The zero-order valence-electron chi connectivity index (χ0n) is 22.7. The van der Waals surface area contributed by atoms with Crippen LogP contribution in [0, 0.1) is 11.7 Å². The Balaban J connectivity index is 1.58. The second-order valence-electron chi connectivity index (χ2n) is 10.8. The van der Waals surface area contributed by atoms with Gasteiger partial charge in [0.05, 0.1) is 12.5 Å². The van der Waals surface area contributed by atoms with Gasteiger partial charge in [0, 0.05) is 25.8 Å². The summed E-state index contributed by atoms with van der Waals surface area (Å²) >= 11 is 0. The van der Waals surface area contributed by atoms with Gasteiger partial charge in [-0.05, 0) is 47.1 Å². The summed E-state index contributed by atoms with van der Waals surface area (Å²) < 4.78 is 29.0. The Kier molecular flexibility index (Phi) is 9.47. The smallest absolute Gasteiger partial charge is 0.305 e. The molecule has 40 heavy (non-hydrogen) atoms. The first-order valence-corrected chi connectivity index (χ1v) is 13.5. The molecule has 1 amide bonds. The van der Waals surface area contributed by atoms with Crippen LogP contribution < -0.4 is 10.9 Å². The number of nitrogens with one attached hydrogen (secondary N) is 1. The molecule has 7 nitrogen and oxygen atoms in total. The molecule has 1 saturated heterocycles. The van der Waals surface area contributed by atoms with E-state index in [4.69, 9.17) is 0 Å². The van der Waals surface area contributed by atoms with Gasteiger partial charge in [0.2, 0.25) is 5.91 Å². The van der Waals surface area contributed by atoms with Gasteiger partial charge in [-0.2, -0.15) is 0 Å². The third-order valence-electron chi connectivity index (χ3n) is 7.13. The SMILES string of the molecule is CC(C)C[C@@H](C(=O)N[C@@H](CC(=O)O)c1ccc(-c2ccccc2)cc1)n1cc(CCN2CC(F)C2)cc(F)c1=O. The number of rotatable bonds is 12. The number of halogens is 2. The normalized spacial score (nSPS) is 15.4. The third kappa shape index (κ3) is 7.41. The van der Waals surface area contributed by atoms with Crippen molar-refractivity contribution in [2.75, 3.05) is 19.6 Å². The van der Waals surface area contributed by atoms with Crippen molar-refractivity contribution >= 4 is 11.9 Å². The molecule has 2 aromatic carbocycles. The van der Waals surface area contributed by atoms with E-state index in [1.165, 1.54) is 6.20 Å². The maximum Gasteiger partial charge on any atom is 0.305 e. The lowest BCUT2D eigenvalue weighted by atomic mass is 9.97. The summed E-state index contributed by atoms with van der Waals surface area (Å²) in [4.78, 5) is 40.1. The van der Waals surface area contributed by atoms with E-state index in [0.29, 0.717) is 37.2 Å². The fourth-order valence-corrected chi connectivity index (χ4v) is 4.99. The molecule has 2 N–H and O–H groups in total. The maximum atomic E-state index is 14.7. The summed E-state index contributed by atoms with van der Waals surface area (Å²) in [5.41, 5.74) is 2.16. The minimum absolute atomic E-state index is 0.0139. The highest BCUT2D eigenvalue weighted by Gasteiger charge is 2.29. The van der Waals surface area contributed by atoms with E-state index in [0.717, 1.165) is 21.8 Å². The van der Waals surface area contributed by atoms with Crippen molar-refractivity contribution in [1.82, 2.24) is 14.8 Å². The molecule has 0 bridgehead atoms. The van der Waals surface area contributed by atoms with E-state index < -0.39 is 41.5 Å². The van der Waals surface area contributed by atoms with Crippen molar-refractivity contribution < 1.29 is 23.5 Å². The molecule has 212 valence electrons. The summed E-state index contributed by atoms with van der Waals surface area (Å²) in [6.45, 7) is 4.95. The standard InChI is InChI=1S/C31H35F2N3O4/c1-20(2)14-28(36-17-21(15-26(33)31(36)40)12-13-35-18-25(32)19-35)30(39)34-27(16-29(37)38)24-10-8-23(9-11-24)22-6-4-3-5-7-22/h3-11,15,17,20,25,27-28H,12-14,16,18-19H2,1-2H3,(H,34,39)(H,37,38)/t27-,28-/m0/s1. The van der Waals surface area contributed by atoms with Crippen molar-refractivity contribution in [1.29, 1.82) is 0 Å². The molecular weight excluding hydrogens is 516 g/mol. The molecule has 1 fully saturated rings. The second-order valence-corrected chi connectivity index (χ2v) is 10.8. The largest absolute Gasteiger partial charge is 0.481 e. The summed E-state index contributed by atoms with van der Waals surface area (Å²) in [7, 11) is 0. The Morgan fingerprint density at radius 2 is 1.70 bits per heavy atom. The number of carbonyl (C=O) groups excluding carboxylic acids is 1. The Hall–Kier alpha value is -3.85. The van der Waals surface area contributed by atoms with Crippen LogP contribution in [0.3, 0.4) is 0 Å². The molecule has 1 aliphatic rings. The fourth-order valence-electron chi connectivity index (χ4n) is 4.99. The number of carbonyl (C=O) groups is 2. The van der Waals surface area contributed by atoms with E-state index in [-0.39, 0.29) is 18.8 Å². The number of nitrogens with zero attached hydrogens (tertiary/aromatic N) is 2. The van der Waals surface area contributed by atoms with Gasteiger partial charge in [-0.1, -0.05) is 68.4 Å². The Bertz CT molecular complexity index is 1370. The van der Waals surface area contributed by atoms with Crippen LogP contribution in [-0.2, 0) is 16.0 Å². The van der Waals surface area contributed by atoms with Gasteiger partial charge in [0.1, 0.15) is 12.2 Å². The molecular formula is C31H35F2N3O4. The van der Waals surface area contributed by atoms with Crippen LogP contribution in [0.25, 0.3) is 11.1 Å². The Morgan fingerprint density at radius 3 is 2.30 bits per heavy atom. The lowest BCUT2D eigenvalue weighted by Gasteiger charge is -2.34. The molecule has 2 atom stereocenters. The highest BCUT2D eigenvalue weighted by molar-refractivity contribution is 5.81. The van der Waals surface area contributed by atoms with Crippen molar-refractivity contribution in [3.05, 3.63) is 94.2 Å². The lowest BCUT2D eigenvalue weighted by Crippen LogP contribution is -2.49. The lowest BCUT2D eigenvalue weighted by molar-refractivity contribution is -0.138. The van der Waals surface area contributed by atoms with Crippen LogP contribution >= 0.6 is 0 Å². The van der Waals surface area contributed by atoms with Crippen LogP contribution in [0.1, 0.15) is 49.9 Å². The van der Waals surface area contributed by atoms with Crippen LogP contribution in [0.5, 0.6) is 0 Å². The predicted octanol–water partition coefficient (Wildman–Crippen LogP) is 4.77. The van der Waals surface area contributed by atoms with E-state index in [9.17, 15) is 28.3 Å². The van der Waals surface area contributed by atoms with Crippen LogP contribution in [0.2, 0.25) is 0 Å². The minimum Gasteiger partial charge on any atom is -0.481 e. The summed E-state index contributed by atoms with van der Waals surface area (Å²) in [6, 6.07) is 16.3. The number of pyridine rings is 1. The predicted molar refractivity (Wildman–Crippen MR) is 149 cm³/mol. The zero-order valence-corrected chi connectivity index (χ0v) is 22.7. The summed E-state index contributed by atoms with van der Waals surface area (Å²) in [5.74, 6) is -2.64. The van der Waals surface area contributed by atoms with Gasteiger partial charge in [0.25, 0.3) is 5.56 Å². The molecule has 0 unspecified atom stereocenters. The van der Waals surface area contributed by atoms with E-state index in [1.807, 2.05) is 61.2 Å². The Morgan fingerprint density at radius 1 is 1.05 bits per heavy atom. The number of hydrogen-bond donors (Lipinski definition) is 2. The number of carboxylic acid groups (broad SMARTS) is 1. The fraction of sp³-hybridized carbons (Fsp3) is 0.387. The molecule has 0 aliphatic carbocycles. The van der Waals surface area contributed by atoms with Crippen LogP contribution in [0.15, 0.2) is 71.7 Å². The first-order chi connectivity index (χ1) is 19.1. The summed E-state index contributed by atoms with van der Waals surface area (Å²) in [5, 5.41) is 12.4. The number of likely N-dealkylation sites (tertiary alicyclic amines) is 1. The third-order valence-corrected chi connectivity index (χ3v) is 7.13. The molecule has 1 aliphatic heterocycles. The molecule has 2 heterocycles. The van der Waals surface area contributed by atoms with Crippen molar-refractivity contribution in [3.8, 4) is 11.1 Å². The number of amides is 1. The van der Waals surface area contributed by atoms with E-state index >= 15 is 0 Å². The van der Waals surface area contributed by atoms with Gasteiger partial charge in [-0.15, -0.1) is 0 Å². The van der Waals surface area contributed by atoms with Gasteiger partial charge in [-0.3, -0.25) is 19.3 Å². The maximum absolute atomic E-state index is 14.7. The van der Waals surface area contributed by atoms with Gasteiger partial charge in [0.15, 0.2) is 5.82 Å². The average molecular weight is 552 g/mol. The van der Waals surface area contributed by atoms with E-state index in [2.05, 4.69) is 5.32 Å². The van der Waals surface area contributed by atoms with Crippen LogP contribution in [-0.4, -0.2) is 52.3 Å². The topological polar surface area (TPSA) is 91.6 Å². The first-order valence-electron chi connectivity index (χ1n) is 13.5. The molecule has 4 rings (SSSR count). The molecule has 9 heteroatoms. The number of alkyl halides is 1. The Labute approximate surface area is 232 Å². The van der Waals surface area contributed by atoms with Gasteiger partial charge >= 0.3 is 5.97 Å². The quantitative estimate of drug-likeness (QED) is 0.338. The number of aliphatic carboxylic acids is 1. The number of carboxylic acids is 1. The van der Waals surface area contributed by atoms with Crippen molar-refractivity contribution in [2.45, 2.75) is 51.4 Å². The number of hydrogen-bond acceptors (Lipinski definition) is 4. The first kappa shape index (κ1) is 29.1. The minimum atomic E-state index is -1.09. The zero-order chi connectivity index (χ0) is 28.8. The number of aromatic nitrogens is 1. The monoisotopic (exact) mass is 551 g/mol. The summed E-state index contributed by atoms with van der Waals surface area (Å²) in [6.07, 6.45) is 0.926. The molecule has 0 radical (unpaired) electrons. The molecule has 3 aromatic rings.